The fraction of sp³-hybridized carbons (Fsp3) is 0.462. The van der Waals surface area contributed by atoms with E-state index in [0.717, 1.165) is 5.56 Å². The minimum absolute atomic E-state index is 0.0474. The molecule has 0 atom stereocenters. The van der Waals surface area contributed by atoms with E-state index >= 15 is 0 Å². The Kier molecular flexibility index (Phi) is 6.45. The van der Waals surface area contributed by atoms with Crippen molar-refractivity contribution in [2.75, 3.05) is 33.9 Å². The van der Waals surface area contributed by atoms with Gasteiger partial charge in [-0.15, -0.1) is 0 Å². The maximum atomic E-state index is 11.6. The first-order valence-corrected chi connectivity index (χ1v) is 6.38. The van der Waals surface area contributed by atoms with E-state index in [1.165, 1.54) is 4.90 Å². The van der Waals surface area contributed by atoms with E-state index in [4.69, 9.17) is 21.4 Å². The monoisotopic (exact) mass is 286 g/mol. The molecule has 0 unspecified atom stereocenters. The number of benzene rings is 1. The fourth-order valence-corrected chi connectivity index (χ4v) is 1.81. The van der Waals surface area contributed by atoms with Gasteiger partial charge in [-0.1, -0.05) is 17.7 Å². The molecule has 0 radical (unpaired) electrons. The van der Waals surface area contributed by atoms with E-state index in [2.05, 4.69) is 5.32 Å². The summed E-state index contributed by atoms with van der Waals surface area (Å²) in [5.74, 6) is 0.709. The molecular formula is C13H19ClN2O3. The molecule has 0 fully saturated rings. The molecule has 0 aliphatic rings. The van der Waals surface area contributed by atoms with Crippen molar-refractivity contribution in [1.82, 2.24) is 10.2 Å². The summed E-state index contributed by atoms with van der Waals surface area (Å²) in [6.07, 6.45) is 0.640. The number of aliphatic hydroxyl groups excluding tert-OH is 1. The van der Waals surface area contributed by atoms with E-state index in [-0.39, 0.29) is 12.6 Å². The largest absolute Gasteiger partial charge is 0.497 e. The number of ether oxygens (including phenoxy) is 1. The number of nitrogens with one attached hydrogen (secondary N) is 1. The van der Waals surface area contributed by atoms with Crippen LogP contribution in [0.2, 0.25) is 5.02 Å². The SMILES string of the molecule is COc1ccc(CCNC(=O)N(C)CCO)c(Cl)c1. The van der Waals surface area contributed by atoms with Crippen molar-refractivity contribution in [3.05, 3.63) is 28.8 Å². The topological polar surface area (TPSA) is 61.8 Å². The maximum absolute atomic E-state index is 11.6. The van der Waals surface area contributed by atoms with Gasteiger partial charge in [0.1, 0.15) is 5.75 Å². The Morgan fingerprint density at radius 2 is 2.26 bits per heavy atom. The van der Waals surface area contributed by atoms with Crippen molar-refractivity contribution in [3.8, 4) is 5.75 Å². The predicted molar refractivity (Wildman–Crippen MR) is 74.8 cm³/mol. The van der Waals surface area contributed by atoms with Gasteiger partial charge in [0.2, 0.25) is 0 Å². The van der Waals surface area contributed by atoms with Gasteiger partial charge in [0.15, 0.2) is 0 Å². The van der Waals surface area contributed by atoms with Gasteiger partial charge in [0.05, 0.1) is 13.7 Å². The Balaban J connectivity index is 2.43. The average Bonchev–Trinajstić information content (AvgIpc) is 2.40. The molecule has 2 amide bonds. The van der Waals surface area contributed by atoms with Crippen LogP contribution in [0.5, 0.6) is 5.75 Å². The van der Waals surface area contributed by atoms with E-state index in [9.17, 15) is 4.79 Å². The van der Waals surface area contributed by atoms with E-state index in [0.29, 0.717) is 30.3 Å². The van der Waals surface area contributed by atoms with Crippen molar-refractivity contribution in [1.29, 1.82) is 0 Å². The van der Waals surface area contributed by atoms with E-state index in [1.807, 2.05) is 12.1 Å². The standard InChI is InChI=1S/C13H19ClN2O3/c1-16(7-8-17)13(18)15-6-5-10-3-4-11(19-2)9-12(10)14/h3-4,9,17H,5-8H2,1-2H3,(H,15,18). The Labute approximate surface area is 118 Å². The maximum Gasteiger partial charge on any atom is 0.317 e. The third-order valence-electron chi connectivity index (χ3n) is 2.71. The Bertz CT molecular complexity index is 426. The van der Waals surface area contributed by atoms with Crippen LogP contribution in [0.1, 0.15) is 5.56 Å². The summed E-state index contributed by atoms with van der Waals surface area (Å²) in [4.78, 5) is 13.0. The molecule has 0 heterocycles. The number of amides is 2. The highest BCUT2D eigenvalue weighted by Crippen LogP contribution is 2.22. The lowest BCUT2D eigenvalue weighted by atomic mass is 10.1. The first-order valence-electron chi connectivity index (χ1n) is 6.00. The molecule has 0 saturated carbocycles. The summed E-state index contributed by atoms with van der Waals surface area (Å²) in [5, 5.41) is 12.1. The zero-order valence-electron chi connectivity index (χ0n) is 11.1. The van der Waals surface area contributed by atoms with Gasteiger partial charge in [-0.2, -0.15) is 0 Å². The molecule has 2 N–H and O–H groups in total. The molecule has 19 heavy (non-hydrogen) atoms. The molecule has 0 saturated heterocycles. The van der Waals surface area contributed by atoms with E-state index in [1.54, 1.807) is 20.2 Å². The Morgan fingerprint density at radius 1 is 1.53 bits per heavy atom. The number of hydrogen-bond acceptors (Lipinski definition) is 3. The number of urea groups is 1. The summed E-state index contributed by atoms with van der Waals surface area (Å²) in [7, 11) is 3.22. The second-order valence-corrected chi connectivity index (χ2v) is 4.49. The van der Waals surface area contributed by atoms with Crippen LogP contribution in [0.3, 0.4) is 0 Å². The predicted octanol–water partition coefficient (Wildman–Crippen LogP) is 1.52. The lowest BCUT2D eigenvalue weighted by molar-refractivity contribution is 0.190. The van der Waals surface area contributed by atoms with Crippen molar-refractivity contribution in [2.45, 2.75) is 6.42 Å². The lowest BCUT2D eigenvalue weighted by Gasteiger charge is -2.16. The van der Waals surface area contributed by atoms with Crippen LogP contribution in [0.4, 0.5) is 4.79 Å². The molecule has 6 heteroatoms. The van der Waals surface area contributed by atoms with Gasteiger partial charge in [0, 0.05) is 25.2 Å². The molecule has 0 bridgehead atoms. The van der Waals surface area contributed by atoms with Crippen molar-refractivity contribution in [3.63, 3.8) is 0 Å². The zero-order chi connectivity index (χ0) is 14.3. The highest BCUT2D eigenvalue weighted by Gasteiger charge is 2.07. The number of halogens is 1. The van der Waals surface area contributed by atoms with Crippen molar-refractivity contribution in [2.24, 2.45) is 0 Å². The molecule has 0 spiro atoms. The van der Waals surface area contributed by atoms with Crippen LogP contribution in [0.15, 0.2) is 18.2 Å². The van der Waals surface area contributed by atoms with Gasteiger partial charge in [0.25, 0.3) is 0 Å². The van der Waals surface area contributed by atoms with Gasteiger partial charge >= 0.3 is 6.03 Å². The second kappa shape index (κ2) is 7.86. The van der Waals surface area contributed by atoms with Crippen LogP contribution >= 0.6 is 11.6 Å². The third-order valence-corrected chi connectivity index (χ3v) is 3.06. The summed E-state index contributed by atoms with van der Waals surface area (Å²) < 4.78 is 5.07. The molecule has 0 aliphatic carbocycles. The van der Waals surface area contributed by atoms with Crippen molar-refractivity contribution < 1.29 is 14.6 Å². The molecule has 0 aliphatic heterocycles. The number of methoxy groups -OCH3 is 1. The van der Waals surface area contributed by atoms with Crippen LogP contribution in [-0.2, 0) is 6.42 Å². The van der Waals surface area contributed by atoms with Crippen LogP contribution in [0, 0.1) is 0 Å². The van der Waals surface area contributed by atoms with Crippen LogP contribution < -0.4 is 10.1 Å². The van der Waals surface area contributed by atoms with Gasteiger partial charge < -0.3 is 20.1 Å². The zero-order valence-corrected chi connectivity index (χ0v) is 11.9. The van der Waals surface area contributed by atoms with E-state index < -0.39 is 0 Å². The Hall–Kier alpha value is -1.46. The summed E-state index contributed by atoms with van der Waals surface area (Å²) in [6.45, 7) is 0.754. The minimum Gasteiger partial charge on any atom is -0.497 e. The molecule has 0 aromatic heterocycles. The van der Waals surface area contributed by atoms with Crippen LogP contribution in [-0.4, -0.2) is 49.9 Å². The first kappa shape index (κ1) is 15.6. The Morgan fingerprint density at radius 3 is 2.84 bits per heavy atom. The number of carbonyl (C=O) groups is 1. The molecule has 1 aromatic rings. The summed E-state index contributed by atoms with van der Waals surface area (Å²) >= 11 is 6.10. The number of nitrogens with zero attached hydrogens (tertiary/aromatic N) is 1. The lowest BCUT2D eigenvalue weighted by Crippen LogP contribution is -2.39. The minimum atomic E-state index is -0.210. The molecule has 1 aromatic carbocycles. The fourth-order valence-electron chi connectivity index (χ4n) is 1.55. The van der Waals surface area contributed by atoms with Gasteiger partial charge in [-0.3, -0.25) is 0 Å². The molecule has 1 rings (SSSR count). The van der Waals surface area contributed by atoms with Crippen LogP contribution in [0.25, 0.3) is 0 Å². The smallest absolute Gasteiger partial charge is 0.317 e. The third kappa shape index (κ3) is 4.96. The molecule has 106 valence electrons. The number of likely N-dealkylation sites (N-methyl/N-ethyl adjacent to an activating group) is 1. The summed E-state index contributed by atoms with van der Waals surface area (Å²) in [5.41, 5.74) is 0.951. The molecule has 5 nitrogen and oxygen atoms in total. The normalized spacial score (nSPS) is 10.1. The van der Waals surface area contributed by atoms with Gasteiger partial charge in [-0.05, 0) is 24.1 Å². The number of aliphatic hydroxyl groups is 1. The second-order valence-electron chi connectivity index (χ2n) is 4.08. The van der Waals surface area contributed by atoms with Crippen molar-refractivity contribution >= 4 is 17.6 Å². The molecular weight excluding hydrogens is 268 g/mol. The first-order chi connectivity index (χ1) is 9.08. The highest BCUT2D eigenvalue weighted by atomic mass is 35.5. The quantitative estimate of drug-likeness (QED) is 0.834. The summed E-state index contributed by atoms with van der Waals surface area (Å²) in [6, 6.07) is 5.25. The average molecular weight is 287 g/mol. The number of rotatable bonds is 6. The number of carbonyl (C=O) groups excluding carboxylic acids is 1. The van der Waals surface area contributed by atoms with Gasteiger partial charge in [-0.25, -0.2) is 4.79 Å². The number of hydrogen-bond donors (Lipinski definition) is 2. The highest BCUT2D eigenvalue weighted by molar-refractivity contribution is 6.31.